The first-order chi connectivity index (χ1) is 16.3. The molecule has 1 saturated carbocycles. The van der Waals surface area contributed by atoms with E-state index in [1.54, 1.807) is 6.92 Å². The van der Waals surface area contributed by atoms with Gasteiger partial charge in [-0.05, 0) is 47.4 Å². The molecule has 4 atom stereocenters. The summed E-state index contributed by atoms with van der Waals surface area (Å²) in [5, 5.41) is 14.7. The van der Waals surface area contributed by atoms with Gasteiger partial charge < -0.3 is 20.5 Å². The molecule has 2 aromatic carbocycles. The number of carboxylic acids is 1. The van der Waals surface area contributed by atoms with Crippen molar-refractivity contribution in [3.63, 3.8) is 0 Å². The minimum Gasteiger partial charge on any atom is -0.481 e. The fourth-order valence-electron chi connectivity index (χ4n) is 5.15. The Morgan fingerprint density at radius 1 is 1.00 bits per heavy atom. The molecule has 34 heavy (non-hydrogen) atoms. The molecule has 0 radical (unpaired) electrons. The third-order valence-electron chi connectivity index (χ3n) is 7.03. The molecule has 0 aliphatic heterocycles. The molecule has 1 fully saturated rings. The minimum absolute atomic E-state index is 0.0142. The van der Waals surface area contributed by atoms with Gasteiger partial charge in [-0.3, -0.25) is 9.59 Å². The molecule has 2 amide bonds. The maximum atomic E-state index is 12.8. The Labute approximate surface area is 199 Å². The Kier molecular flexibility index (Phi) is 6.91. The first kappa shape index (κ1) is 23.8. The molecular weight excluding hydrogens is 432 g/mol. The van der Waals surface area contributed by atoms with Crippen LogP contribution in [0.15, 0.2) is 48.5 Å². The van der Waals surface area contributed by atoms with Crippen molar-refractivity contribution in [1.29, 1.82) is 0 Å². The van der Waals surface area contributed by atoms with Gasteiger partial charge in [0.25, 0.3) is 0 Å². The van der Waals surface area contributed by atoms with Crippen LogP contribution >= 0.6 is 0 Å². The van der Waals surface area contributed by atoms with E-state index in [1.807, 2.05) is 38.1 Å². The molecule has 0 heterocycles. The van der Waals surface area contributed by atoms with Crippen molar-refractivity contribution in [3.05, 3.63) is 59.7 Å². The maximum Gasteiger partial charge on any atom is 0.407 e. The van der Waals surface area contributed by atoms with Gasteiger partial charge in [0.05, 0.1) is 11.8 Å². The zero-order valence-electron chi connectivity index (χ0n) is 19.8. The van der Waals surface area contributed by atoms with Crippen molar-refractivity contribution in [2.75, 3.05) is 13.2 Å². The number of nitrogens with one attached hydrogen (secondary N) is 2. The standard InChI is InChI=1S/C27H32N2O5/c1-15(2)24(25(30)28-13-17-12-22(17)26(31)32)16(3)29-27(33)34-14-23-20-10-6-4-8-18(20)19-9-5-7-11-21(19)23/h4-11,15-17,22-24H,12-14H2,1-3H3,(H,28,30)(H,29,33)(H,31,32)/t16?,17-,22-,24?/m0/s1. The zero-order valence-corrected chi connectivity index (χ0v) is 19.8. The maximum absolute atomic E-state index is 12.8. The van der Waals surface area contributed by atoms with Gasteiger partial charge in [-0.1, -0.05) is 62.4 Å². The number of aliphatic carboxylic acids is 1. The van der Waals surface area contributed by atoms with Gasteiger partial charge in [-0.15, -0.1) is 0 Å². The predicted molar refractivity (Wildman–Crippen MR) is 128 cm³/mol. The summed E-state index contributed by atoms with van der Waals surface area (Å²) in [6, 6.07) is 15.9. The summed E-state index contributed by atoms with van der Waals surface area (Å²) in [4.78, 5) is 36.5. The highest BCUT2D eigenvalue weighted by Gasteiger charge is 2.43. The third kappa shape index (κ3) is 4.93. The quantitative estimate of drug-likeness (QED) is 0.520. The van der Waals surface area contributed by atoms with Crippen LogP contribution < -0.4 is 10.6 Å². The molecule has 2 aliphatic rings. The van der Waals surface area contributed by atoms with Gasteiger partial charge in [-0.25, -0.2) is 4.79 Å². The smallest absolute Gasteiger partial charge is 0.407 e. The average molecular weight is 465 g/mol. The zero-order chi connectivity index (χ0) is 24.4. The molecule has 0 spiro atoms. The van der Waals surface area contributed by atoms with E-state index >= 15 is 0 Å². The normalized spacial score (nSPS) is 20.1. The summed E-state index contributed by atoms with van der Waals surface area (Å²) >= 11 is 0. The lowest BCUT2D eigenvalue weighted by atomic mass is 9.88. The molecule has 0 aromatic heterocycles. The van der Waals surface area contributed by atoms with Crippen LogP contribution in [0, 0.1) is 23.7 Å². The average Bonchev–Trinajstić information content (AvgIpc) is 3.52. The number of fused-ring (bicyclic) bond motifs is 3. The molecule has 180 valence electrons. The Morgan fingerprint density at radius 3 is 2.12 bits per heavy atom. The van der Waals surface area contributed by atoms with Crippen LogP contribution in [0.3, 0.4) is 0 Å². The number of carbonyl (C=O) groups is 3. The van der Waals surface area contributed by atoms with Gasteiger partial charge in [0.2, 0.25) is 5.91 Å². The predicted octanol–water partition coefficient (Wildman–Crippen LogP) is 4.02. The molecule has 0 saturated heterocycles. The number of ether oxygens (including phenoxy) is 1. The van der Waals surface area contributed by atoms with Gasteiger partial charge in [0.1, 0.15) is 6.61 Å². The molecule has 2 aliphatic carbocycles. The van der Waals surface area contributed by atoms with Gasteiger partial charge in [0.15, 0.2) is 0 Å². The van der Waals surface area contributed by atoms with Crippen molar-refractivity contribution in [2.45, 2.75) is 39.2 Å². The molecule has 7 nitrogen and oxygen atoms in total. The second-order valence-corrected chi connectivity index (χ2v) is 9.71. The summed E-state index contributed by atoms with van der Waals surface area (Å²) in [5.74, 6) is -1.88. The summed E-state index contributed by atoms with van der Waals surface area (Å²) in [7, 11) is 0. The Balaban J connectivity index is 1.33. The first-order valence-corrected chi connectivity index (χ1v) is 11.9. The lowest BCUT2D eigenvalue weighted by molar-refractivity contribution is -0.139. The number of hydrogen-bond donors (Lipinski definition) is 3. The Bertz CT molecular complexity index is 1040. The Morgan fingerprint density at radius 2 is 1.59 bits per heavy atom. The summed E-state index contributed by atoms with van der Waals surface area (Å²) < 4.78 is 5.62. The molecular formula is C27H32N2O5. The monoisotopic (exact) mass is 464 g/mol. The van der Waals surface area contributed by atoms with Gasteiger partial charge in [0, 0.05) is 18.5 Å². The second kappa shape index (κ2) is 9.87. The number of amides is 2. The van der Waals surface area contributed by atoms with Crippen molar-refractivity contribution >= 4 is 18.0 Å². The van der Waals surface area contributed by atoms with Crippen molar-refractivity contribution in [1.82, 2.24) is 10.6 Å². The van der Waals surface area contributed by atoms with Gasteiger partial charge in [-0.2, -0.15) is 0 Å². The molecule has 2 aromatic rings. The van der Waals surface area contributed by atoms with E-state index in [9.17, 15) is 14.4 Å². The first-order valence-electron chi connectivity index (χ1n) is 11.9. The minimum atomic E-state index is -0.815. The fourth-order valence-corrected chi connectivity index (χ4v) is 5.15. The molecule has 0 bridgehead atoms. The van der Waals surface area contributed by atoms with Crippen LogP contribution in [0.5, 0.6) is 0 Å². The van der Waals surface area contributed by atoms with Crippen molar-refractivity contribution < 1.29 is 24.2 Å². The van der Waals surface area contributed by atoms with Crippen LogP contribution in [-0.4, -0.2) is 42.3 Å². The van der Waals surface area contributed by atoms with E-state index in [-0.39, 0.29) is 36.2 Å². The van der Waals surface area contributed by atoms with Crippen LogP contribution in [-0.2, 0) is 14.3 Å². The van der Waals surface area contributed by atoms with Crippen LogP contribution in [0.4, 0.5) is 4.79 Å². The highest BCUT2D eigenvalue weighted by Crippen LogP contribution is 2.44. The lowest BCUT2D eigenvalue weighted by Crippen LogP contribution is -2.48. The van der Waals surface area contributed by atoms with Crippen molar-refractivity contribution in [3.8, 4) is 11.1 Å². The second-order valence-electron chi connectivity index (χ2n) is 9.71. The lowest BCUT2D eigenvalue weighted by Gasteiger charge is -2.27. The molecule has 2 unspecified atom stereocenters. The highest BCUT2D eigenvalue weighted by molar-refractivity contribution is 5.81. The molecule has 3 N–H and O–H groups in total. The Hall–Kier alpha value is -3.35. The van der Waals surface area contributed by atoms with E-state index in [1.165, 1.54) is 0 Å². The number of benzene rings is 2. The summed E-state index contributed by atoms with van der Waals surface area (Å²) in [5.41, 5.74) is 4.61. The van der Waals surface area contributed by atoms with Crippen LogP contribution in [0.25, 0.3) is 11.1 Å². The largest absolute Gasteiger partial charge is 0.481 e. The summed E-state index contributed by atoms with van der Waals surface area (Å²) in [6.07, 6.45) is 0.0381. The van der Waals surface area contributed by atoms with Crippen LogP contribution in [0.2, 0.25) is 0 Å². The fraction of sp³-hybridized carbons (Fsp3) is 0.444. The third-order valence-corrected chi connectivity index (χ3v) is 7.03. The summed E-state index contributed by atoms with van der Waals surface area (Å²) in [6.45, 7) is 6.21. The molecule has 7 heteroatoms. The topological polar surface area (TPSA) is 105 Å². The molecule has 4 rings (SSSR count). The van der Waals surface area contributed by atoms with Crippen molar-refractivity contribution in [2.24, 2.45) is 23.7 Å². The van der Waals surface area contributed by atoms with Gasteiger partial charge >= 0.3 is 12.1 Å². The highest BCUT2D eigenvalue weighted by atomic mass is 16.5. The number of carbonyl (C=O) groups excluding carboxylic acids is 2. The number of carboxylic acid groups (broad SMARTS) is 1. The van der Waals surface area contributed by atoms with Crippen LogP contribution in [0.1, 0.15) is 44.2 Å². The number of hydrogen-bond acceptors (Lipinski definition) is 4. The van der Waals surface area contributed by atoms with E-state index < -0.39 is 24.0 Å². The van der Waals surface area contributed by atoms with E-state index in [4.69, 9.17) is 9.84 Å². The SMILES string of the molecule is CC(C)C(C(=O)NC[C@@H]1C[C@@H]1C(=O)O)C(C)NC(=O)OCC1c2ccccc2-c2ccccc21. The number of rotatable bonds is 9. The van der Waals surface area contributed by atoms with E-state index in [2.05, 4.69) is 34.9 Å². The van der Waals surface area contributed by atoms with E-state index in [0.717, 1.165) is 22.3 Å². The number of alkyl carbamates (subject to hydrolysis) is 1. The van der Waals surface area contributed by atoms with E-state index in [0.29, 0.717) is 13.0 Å².